The molecule has 0 aliphatic carbocycles. The molecule has 32 heavy (non-hydrogen) atoms. The van der Waals surface area contributed by atoms with E-state index >= 15 is 0 Å². The van der Waals surface area contributed by atoms with Gasteiger partial charge in [0, 0.05) is 22.5 Å². The van der Waals surface area contributed by atoms with Crippen LogP contribution in [0.25, 0.3) is 0 Å². The highest BCUT2D eigenvalue weighted by Crippen LogP contribution is 2.34. The molecule has 7 heteroatoms. The molecular formula is C25H31Cl2NO4. The van der Waals surface area contributed by atoms with Gasteiger partial charge in [0.1, 0.15) is 6.04 Å². The molecule has 0 radical (unpaired) electrons. The summed E-state index contributed by atoms with van der Waals surface area (Å²) in [6, 6.07) is 13.6. The number of benzene rings is 2. The molecule has 0 aromatic heterocycles. The number of carbonyl (C=O) groups is 2. The van der Waals surface area contributed by atoms with E-state index < -0.39 is 24.0 Å². The maximum atomic E-state index is 13.3. The van der Waals surface area contributed by atoms with Crippen LogP contribution in [0.4, 0.5) is 4.79 Å². The van der Waals surface area contributed by atoms with Gasteiger partial charge in [-0.15, -0.1) is 0 Å². The van der Waals surface area contributed by atoms with Crippen molar-refractivity contribution in [1.82, 2.24) is 4.90 Å². The van der Waals surface area contributed by atoms with E-state index in [4.69, 9.17) is 32.7 Å². The highest BCUT2D eigenvalue weighted by Gasteiger charge is 2.40. The van der Waals surface area contributed by atoms with Gasteiger partial charge in [-0.05, 0) is 61.6 Å². The highest BCUT2D eigenvalue weighted by atomic mass is 35.5. The second-order valence-electron chi connectivity index (χ2n) is 7.85. The van der Waals surface area contributed by atoms with Gasteiger partial charge in [-0.3, -0.25) is 4.90 Å². The van der Waals surface area contributed by atoms with Gasteiger partial charge >= 0.3 is 12.1 Å². The molecule has 1 atom stereocenters. The average molecular weight is 480 g/mol. The monoisotopic (exact) mass is 479 g/mol. The van der Waals surface area contributed by atoms with Gasteiger partial charge < -0.3 is 9.47 Å². The summed E-state index contributed by atoms with van der Waals surface area (Å²) in [6.07, 6.45) is 0.169. The van der Waals surface area contributed by atoms with Crippen molar-refractivity contribution < 1.29 is 19.1 Å². The summed E-state index contributed by atoms with van der Waals surface area (Å²) in [5.41, 5.74) is 1.65. The van der Waals surface area contributed by atoms with E-state index in [1.54, 1.807) is 38.1 Å². The van der Waals surface area contributed by atoms with E-state index in [2.05, 4.69) is 13.8 Å². The van der Waals surface area contributed by atoms with Crippen molar-refractivity contribution in [2.75, 3.05) is 19.8 Å². The number of halogens is 2. The molecule has 0 bridgehead atoms. The number of nitrogens with zero attached hydrogens (tertiary/aromatic N) is 1. The molecule has 0 heterocycles. The molecule has 1 amide bonds. The van der Waals surface area contributed by atoms with Crippen LogP contribution >= 0.6 is 23.2 Å². The van der Waals surface area contributed by atoms with Crippen LogP contribution in [0, 0.1) is 5.92 Å². The predicted octanol–water partition coefficient (Wildman–Crippen LogP) is 6.56. The van der Waals surface area contributed by atoms with Crippen LogP contribution in [-0.4, -0.2) is 42.8 Å². The molecule has 174 valence electrons. The topological polar surface area (TPSA) is 55.8 Å². The van der Waals surface area contributed by atoms with Gasteiger partial charge in [0.25, 0.3) is 0 Å². The van der Waals surface area contributed by atoms with Crippen LogP contribution in [-0.2, 0) is 14.3 Å². The van der Waals surface area contributed by atoms with Gasteiger partial charge in [-0.2, -0.15) is 0 Å². The standard InChI is InChI=1S/C25H31Cl2NO4/c1-5-31-24(29)23(28(16-15-17(3)4)25(30)32-6-2)22(18-7-11-20(26)12-8-18)19-9-13-21(27)14-10-19/h7-14,17,22-23H,5-6,15-16H2,1-4H3. The first kappa shape index (κ1) is 26.0. The van der Waals surface area contributed by atoms with E-state index in [1.807, 2.05) is 24.3 Å². The smallest absolute Gasteiger partial charge is 0.410 e. The Balaban J connectivity index is 2.66. The summed E-state index contributed by atoms with van der Waals surface area (Å²) in [4.78, 5) is 27.9. The molecule has 0 aliphatic heterocycles. The summed E-state index contributed by atoms with van der Waals surface area (Å²) in [7, 11) is 0. The third kappa shape index (κ3) is 7.14. The molecule has 2 rings (SSSR count). The molecule has 2 aromatic carbocycles. The van der Waals surface area contributed by atoms with E-state index in [0.29, 0.717) is 28.9 Å². The van der Waals surface area contributed by atoms with Crippen molar-refractivity contribution in [2.45, 2.75) is 46.1 Å². The predicted molar refractivity (Wildman–Crippen MR) is 128 cm³/mol. The maximum absolute atomic E-state index is 13.3. The zero-order chi connectivity index (χ0) is 23.7. The summed E-state index contributed by atoms with van der Waals surface area (Å²) in [6.45, 7) is 8.39. The van der Waals surface area contributed by atoms with Crippen LogP contribution in [0.1, 0.15) is 51.2 Å². The number of ether oxygens (including phenoxy) is 2. The molecule has 0 spiro atoms. The Morgan fingerprint density at radius 3 is 1.72 bits per heavy atom. The SMILES string of the molecule is CCOC(=O)C(C(c1ccc(Cl)cc1)c1ccc(Cl)cc1)N(CCC(C)C)C(=O)OCC. The van der Waals surface area contributed by atoms with Crippen LogP contribution in [0.3, 0.4) is 0 Å². The minimum absolute atomic E-state index is 0.199. The number of hydrogen-bond acceptors (Lipinski definition) is 4. The Kier molecular flexibility index (Phi) is 10.3. The number of amides is 1. The van der Waals surface area contributed by atoms with Gasteiger partial charge in [-0.25, -0.2) is 9.59 Å². The van der Waals surface area contributed by atoms with Gasteiger partial charge in [0.05, 0.1) is 13.2 Å². The Bertz CT molecular complexity index is 823. The van der Waals surface area contributed by atoms with E-state index in [0.717, 1.165) is 11.1 Å². The van der Waals surface area contributed by atoms with Crippen LogP contribution < -0.4 is 0 Å². The molecule has 0 fully saturated rings. The number of carbonyl (C=O) groups excluding carboxylic acids is 2. The van der Waals surface area contributed by atoms with E-state index in [-0.39, 0.29) is 13.2 Å². The number of hydrogen-bond donors (Lipinski definition) is 0. The molecule has 5 nitrogen and oxygen atoms in total. The Morgan fingerprint density at radius 1 is 0.844 bits per heavy atom. The first-order valence-corrected chi connectivity index (χ1v) is 11.6. The fraction of sp³-hybridized carbons (Fsp3) is 0.440. The van der Waals surface area contributed by atoms with Crippen molar-refractivity contribution in [1.29, 1.82) is 0 Å². The molecule has 0 saturated carbocycles. The molecule has 0 aliphatic rings. The van der Waals surface area contributed by atoms with Crippen molar-refractivity contribution in [3.63, 3.8) is 0 Å². The third-order valence-corrected chi connectivity index (χ3v) is 5.59. The molecule has 0 saturated heterocycles. The van der Waals surface area contributed by atoms with Crippen LogP contribution in [0.15, 0.2) is 48.5 Å². The minimum Gasteiger partial charge on any atom is -0.464 e. The summed E-state index contributed by atoms with van der Waals surface area (Å²) in [5.74, 6) is -0.654. The van der Waals surface area contributed by atoms with E-state index in [9.17, 15) is 9.59 Å². The third-order valence-electron chi connectivity index (χ3n) is 5.09. The zero-order valence-electron chi connectivity index (χ0n) is 19.0. The largest absolute Gasteiger partial charge is 0.464 e. The summed E-state index contributed by atoms with van der Waals surface area (Å²) in [5, 5.41) is 1.16. The molecule has 0 N–H and O–H groups in total. The Morgan fingerprint density at radius 2 is 1.31 bits per heavy atom. The second kappa shape index (κ2) is 12.7. The average Bonchev–Trinajstić information content (AvgIpc) is 2.75. The maximum Gasteiger partial charge on any atom is 0.410 e. The second-order valence-corrected chi connectivity index (χ2v) is 8.73. The lowest BCUT2D eigenvalue weighted by Gasteiger charge is -2.35. The quantitative estimate of drug-likeness (QED) is 0.362. The lowest BCUT2D eigenvalue weighted by molar-refractivity contribution is -0.149. The normalized spacial score (nSPS) is 12.0. The Hall–Kier alpha value is -2.24. The van der Waals surface area contributed by atoms with Crippen molar-refractivity contribution in [3.8, 4) is 0 Å². The fourth-order valence-electron chi connectivity index (χ4n) is 3.52. The number of esters is 1. The number of rotatable bonds is 10. The molecule has 2 aromatic rings. The first-order valence-electron chi connectivity index (χ1n) is 10.9. The van der Waals surface area contributed by atoms with E-state index in [1.165, 1.54) is 4.90 Å². The summed E-state index contributed by atoms with van der Waals surface area (Å²) >= 11 is 12.2. The lowest BCUT2D eigenvalue weighted by Crippen LogP contribution is -2.50. The minimum atomic E-state index is -0.921. The van der Waals surface area contributed by atoms with Crippen molar-refractivity contribution >= 4 is 35.3 Å². The Labute approximate surface area is 200 Å². The first-order chi connectivity index (χ1) is 15.3. The van der Waals surface area contributed by atoms with Gasteiger partial charge in [0.2, 0.25) is 0 Å². The zero-order valence-corrected chi connectivity index (χ0v) is 20.5. The lowest BCUT2D eigenvalue weighted by atomic mass is 9.84. The van der Waals surface area contributed by atoms with Crippen LogP contribution in [0.5, 0.6) is 0 Å². The molecule has 1 unspecified atom stereocenters. The highest BCUT2D eigenvalue weighted by molar-refractivity contribution is 6.30. The van der Waals surface area contributed by atoms with Gasteiger partial charge in [0.15, 0.2) is 0 Å². The van der Waals surface area contributed by atoms with Crippen molar-refractivity contribution in [2.24, 2.45) is 5.92 Å². The van der Waals surface area contributed by atoms with Crippen LogP contribution in [0.2, 0.25) is 10.0 Å². The van der Waals surface area contributed by atoms with Gasteiger partial charge in [-0.1, -0.05) is 61.3 Å². The summed E-state index contributed by atoms with van der Waals surface area (Å²) < 4.78 is 10.8. The van der Waals surface area contributed by atoms with Crippen molar-refractivity contribution in [3.05, 3.63) is 69.7 Å². The molecular weight excluding hydrogens is 449 g/mol. The fourth-order valence-corrected chi connectivity index (χ4v) is 3.77.